The summed E-state index contributed by atoms with van der Waals surface area (Å²) in [4.78, 5) is 18.7. The average Bonchev–Trinajstić information content (AvgIpc) is 3.31. The molecule has 0 atom stereocenters. The molecule has 0 aliphatic carbocycles. The average molecular weight is 385 g/mol. The van der Waals surface area contributed by atoms with Gasteiger partial charge in [0, 0.05) is 24.5 Å². The van der Waals surface area contributed by atoms with Gasteiger partial charge in [0.05, 0.1) is 24.6 Å². The third-order valence-corrected chi connectivity index (χ3v) is 4.97. The van der Waals surface area contributed by atoms with E-state index in [1.54, 1.807) is 17.6 Å². The molecule has 1 fully saturated rings. The monoisotopic (exact) mass is 385 g/mol. The van der Waals surface area contributed by atoms with Crippen molar-refractivity contribution in [2.75, 3.05) is 23.7 Å². The highest BCUT2D eigenvalue weighted by molar-refractivity contribution is 7.13. The Balaban J connectivity index is 1.79. The van der Waals surface area contributed by atoms with Crippen molar-refractivity contribution < 1.29 is 8.78 Å². The van der Waals surface area contributed by atoms with Crippen molar-refractivity contribution in [3.8, 4) is 28.2 Å². The van der Waals surface area contributed by atoms with E-state index in [0.717, 1.165) is 0 Å². The molecule has 1 aliphatic rings. The van der Waals surface area contributed by atoms with Crippen LogP contribution in [0.5, 0.6) is 0 Å². The predicted octanol–water partition coefficient (Wildman–Crippen LogP) is 2.96. The molecule has 0 spiro atoms. The third kappa shape index (κ3) is 3.29. The summed E-state index contributed by atoms with van der Waals surface area (Å²) in [6, 6.07) is 3.61. The molecule has 0 unspecified atom stereocenters. The number of hydrogen-bond acceptors (Lipinski definition) is 8. The van der Waals surface area contributed by atoms with Crippen molar-refractivity contribution in [3.05, 3.63) is 35.6 Å². The number of aromatic nitrogens is 4. The van der Waals surface area contributed by atoms with Crippen LogP contribution in [0, 0.1) is 11.3 Å². The minimum Gasteiger partial charge on any atom is -0.398 e. The van der Waals surface area contributed by atoms with Gasteiger partial charge in [-0.15, -0.1) is 11.3 Å². The second-order valence-corrected chi connectivity index (χ2v) is 6.95. The molecular formula is C17H13F2N7S. The van der Waals surface area contributed by atoms with Gasteiger partial charge in [-0.05, 0) is 6.07 Å². The fourth-order valence-electron chi connectivity index (χ4n) is 2.88. The van der Waals surface area contributed by atoms with Gasteiger partial charge in [-0.1, -0.05) is 0 Å². The molecule has 4 rings (SSSR count). The van der Waals surface area contributed by atoms with E-state index in [-0.39, 0.29) is 29.9 Å². The fourth-order valence-corrected chi connectivity index (χ4v) is 3.48. The number of hydrogen-bond donors (Lipinski definition) is 1. The van der Waals surface area contributed by atoms with Crippen LogP contribution in [0.3, 0.4) is 0 Å². The normalized spacial score (nSPS) is 15.7. The summed E-state index contributed by atoms with van der Waals surface area (Å²) in [5, 5.41) is 11.9. The molecular weight excluding hydrogens is 372 g/mol. The maximum atomic E-state index is 13.5. The number of thiazole rings is 1. The molecule has 0 aromatic carbocycles. The molecule has 3 aromatic rings. The van der Waals surface area contributed by atoms with E-state index in [4.69, 9.17) is 5.73 Å². The lowest BCUT2D eigenvalue weighted by atomic mass is 10.1. The maximum Gasteiger partial charge on any atom is 0.266 e. The molecule has 3 aromatic heterocycles. The number of halogens is 2. The summed E-state index contributed by atoms with van der Waals surface area (Å²) in [5.41, 5.74) is 7.49. The number of pyridine rings is 1. The molecule has 0 bridgehead atoms. The zero-order valence-corrected chi connectivity index (χ0v) is 14.7. The Bertz CT molecular complexity index is 1030. The minimum atomic E-state index is -2.75. The summed E-state index contributed by atoms with van der Waals surface area (Å²) in [5.74, 6) is -2.43. The number of anilines is 2. The van der Waals surface area contributed by atoms with Gasteiger partial charge in [-0.3, -0.25) is 4.98 Å². The molecule has 1 aliphatic heterocycles. The van der Waals surface area contributed by atoms with Crippen molar-refractivity contribution >= 4 is 22.8 Å². The molecule has 0 saturated carbocycles. The topological polar surface area (TPSA) is 105 Å². The minimum absolute atomic E-state index is 0.161. The molecule has 136 valence electrons. The van der Waals surface area contributed by atoms with Gasteiger partial charge >= 0.3 is 0 Å². The first kappa shape index (κ1) is 17.2. The number of nitrogens with zero attached hydrogens (tertiary/aromatic N) is 6. The van der Waals surface area contributed by atoms with Gasteiger partial charge in [-0.2, -0.15) is 5.26 Å². The van der Waals surface area contributed by atoms with Crippen molar-refractivity contribution in [2.45, 2.75) is 12.3 Å². The van der Waals surface area contributed by atoms with Crippen LogP contribution in [0.1, 0.15) is 12.0 Å². The zero-order valence-electron chi connectivity index (χ0n) is 13.9. The van der Waals surface area contributed by atoms with Crippen LogP contribution in [0.4, 0.5) is 20.3 Å². The van der Waals surface area contributed by atoms with Crippen LogP contribution < -0.4 is 10.6 Å². The molecule has 2 N–H and O–H groups in total. The number of nitrogens with two attached hydrogens (primary N) is 1. The van der Waals surface area contributed by atoms with Gasteiger partial charge in [0.1, 0.15) is 39.5 Å². The van der Waals surface area contributed by atoms with E-state index in [2.05, 4.69) is 19.9 Å². The van der Waals surface area contributed by atoms with Crippen LogP contribution in [-0.4, -0.2) is 38.9 Å². The van der Waals surface area contributed by atoms with E-state index >= 15 is 0 Å². The van der Waals surface area contributed by atoms with Gasteiger partial charge in [-0.25, -0.2) is 23.7 Å². The highest BCUT2D eigenvalue weighted by Crippen LogP contribution is 2.33. The standard InChI is InChI=1S/C17H13F2N7S/c18-17(19)1-3-26(9-17)14-8-22-7-13(24-14)15-10(6-20)11(21)5-12(25-15)16-23-2-4-27-16/h2,4-5,7-8H,1,3,9H2,(H2,21,25). The highest BCUT2D eigenvalue weighted by atomic mass is 32.1. The second kappa shape index (κ2) is 6.51. The summed E-state index contributed by atoms with van der Waals surface area (Å²) < 4.78 is 27.0. The Kier molecular flexibility index (Phi) is 4.16. The summed E-state index contributed by atoms with van der Waals surface area (Å²) in [6.07, 6.45) is 4.27. The first-order valence-corrected chi connectivity index (χ1v) is 8.90. The number of rotatable bonds is 3. The Labute approximate surface area is 157 Å². The number of nitrogen functional groups attached to an aromatic ring is 1. The lowest BCUT2D eigenvalue weighted by molar-refractivity contribution is 0.0256. The Morgan fingerprint density at radius 1 is 1.26 bits per heavy atom. The first-order valence-electron chi connectivity index (χ1n) is 8.02. The molecule has 27 heavy (non-hydrogen) atoms. The van der Waals surface area contributed by atoms with E-state index in [9.17, 15) is 14.0 Å². The Morgan fingerprint density at radius 2 is 2.11 bits per heavy atom. The molecule has 10 heteroatoms. The van der Waals surface area contributed by atoms with Gasteiger partial charge in [0.25, 0.3) is 5.92 Å². The zero-order chi connectivity index (χ0) is 19.0. The Morgan fingerprint density at radius 3 is 2.78 bits per heavy atom. The molecule has 7 nitrogen and oxygen atoms in total. The van der Waals surface area contributed by atoms with Gasteiger partial charge in [0.2, 0.25) is 0 Å². The largest absolute Gasteiger partial charge is 0.398 e. The first-order chi connectivity index (χ1) is 13.0. The lowest BCUT2D eigenvalue weighted by Crippen LogP contribution is -2.25. The van der Waals surface area contributed by atoms with E-state index in [1.807, 2.05) is 6.07 Å². The van der Waals surface area contributed by atoms with Crippen molar-refractivity contribution in [1.82, 2.24) is 19.9 Å². The van der Waals surface area contributed by atoms with Crippen molar-refractivity contribution in [2.24, 2.45) is 0 Å². The van der Waals surface area contributed by atoms with Crippen LogP contribution in [0.15, 0.2) is 30.0 Å². The molecule has 0 amide bonds. The quantitative estimate of drug-likeness (QED) is 0.739. The maximum absolute atomic E-state index is 13.5. The van der Waals surface area contributed by atoms with Crippen molar-refractivity contribution in [3.63, 3.8) is 0 Å². The van der Waals surface area contributed by atoms with Crippen LogP contribution >= 0.6 is 11.3 Å². The summed E-state index contributed by atoms with van der Waals surface area (Å²) in [7, 11) is 0. The van der Waals surface area contributed by atoms with E-state index < -0.39 is 12.5 Å². The molecule has 4 heterocycles. The fraction of sp³-hybridized carbons (Fsp3) is 0.235. The second-order valence-electron chi connectivity index (χ2n) is 6.06. The van der Waals surface area contributed by atoms with Crippen LogP contribution in [-0.2, 0) is 0 Å². The predicted molar refractivity (Wildman–Crippen MR) is 97.3 cm³/mol. The third-order valence-electron chi connectivity index (χ3n) is 4.17. The van der Waals surface area contributed by atoms with Gasteiger partial charge in [0.15, 0.2) is 0 Å². The number of alkyl halides is 2. The van der Waals surface area contributed by atoms with Gasteiger partial charge < -0.3 is 10.6 Å². The Hall–Kier alpha value is -3.19. The molecule has 0 radical (unpaired) electrons. The molecule has 1 saturated heterocycles. The van der Waals surface area contributed by atoms with E-state index in [0.29, 0.717) is 22.2 Å². The van der Waals surface area contributed by atoms with Crippen LogP contribution in [0.25, 0.3) is 22.1 Å². The van der Waals surface area contributed by atoms with Crippen LogP contribution in [0.2, 0.25) is 0 Å². The SMILES string of the molecule is N#Cc1c(N)cc(-c2nccs2)nc1-c1cncc(N2CCC(F)(F)C2)n1. The number of nitriles is 1. The lowest BCUT2D eigenvalue weighted by Gasteiger charge is -2.17. The smallest absolute Gasteiger partial charge is 0.266 e. The van der Waals surface area contributed by atoms with Crippen molar-refractivity contribution in [1.29, 1.82) is 5.26 Å². The summed E-state index contributed by atoms with van der Waals surface area (Å²) >= 11 is 1.39. The van der Waals surface area contributed by atoms with E-state index in [1.165, 1.54) is 28.6 Å². The summed E-state index contributed by atoms with van der Waals surface area (Å²) in [6.45, 7) is -0.226. The highest BCUT2D eigenvalue weighted by Gasteiger charge is 2.39.